The summed E-state index contributed by atoms with van der Waals surface area (Å²) in [6.45, 7) is 7.85. The van der Waals surface area contributed by atoms with Gasteiger partial charge in [-0.25, -0.2) is 0 Å². The summed E-state index contributed by atoms with van der Waals surface area (Å²) in [5.41, 5.74) is -0.400. The number of carbonyl (C=O) groups excluding carboxylic acids is 2. The van der Waals surface area contributed by atoms with Crippen LogP contribution < -0.4 is 10.6 Å². The lowest BCUT2D eigenvalue weighted by Gasteiger charge is -2.39. The molecule has 2 rings (SSSR count). The molecule has 0 spiro atoms. The fraction of sp³-hybridized carbons (Fsp3) is 0.895. The molecule has 25 heavy (non-hydrogen) atoms. The van der Waals surface area contributed by atoms with E-state index in [0.29, 0.717) is 6.61 Å². The summed E-state index contributed by atoms with van der Waals surface area (Å²) in [5, 5.41) is 6.56. The Morgan fingerprint density at radius 3 is 2.32 bits per heavy atom. The standard InChI is InChI=1S/C19H35N3O3/c1-4-15(5-2)17(23)22-12-6-16(7-13-22)21-18(24)19(14-25-3)8-10-20-11-9-19/h15-16,20H,4-14H2,1-3H3,(H,21,24). The van der Waals surface area contributed by atoms with Crippen molar-refractivity contribution in [1.82, 2.24) is 15.5 Å². The van der Waals surface area contributed by atoms with Crippen LogP contribution in [-0.2, 0) is 14.3 Å². The quantitative estimate of drug-likeness (QED) is 0.728. The summed E-state index contributed by atoms with van der Waals surface area (Å²) < 4.78 is 5.35. The number of nitrogens with one attached hydrogen (secondary N) is 2. The molecule has 0 aromatic carbocycles. The normalized spacial score (nSPS) is 21.4. The Kier molecular flexibility index (Phi) is 7.69. The van der Waals surface area contributed by atoms with Gasteiger partial charge in [0.25, 0.3) is 0 Å². The van der Waals surface area contributed by atoms with Gasteiger partial charge in [0.05, 0.1) is 12.0 Å². The van der Waals surface area contributed by atoms with Gasteiger partial charge in [0.1, 0.15) is 0 Å². The van der Waals surface area contributed by atoms with E-state index in [1.54, 1.807) is 7.11 Å². The number of ether oxygens (including phenoxy) is 1. The van der Waals surface area contributed by atoms with Gasteiger partial charge in [-0.3, -0.25) is 9.59 Å². The number of nitrogens with zero attached hydrogens (tertiary/aromatic N) is 1. The van der Waals surface area contributed by atoms with Gasteiger partial charge in [-0.15, -0.1) is 0 Å². The lowest BCUT2D eigenvalue weighted by molar-refractivity contribution is -0.138. The monoisotopic (exact) mass is 353 g/mol. The number of hydrogen-bond acceptors (Lipinski definition) is 4. The minimum Gasteiger partial charge on any atom is -0.384 e. The fourth-order valence-electron chi connectivity index (χ4n) is 4.10. The fourth-order valence-corrected chi connectivity index (χ4v) is 4.10. The van der Waals surface area contributed by atoms with Crippen LogP contribution in [0, 0.1) is 11.3 Å². The Balaban J connectivity index is 1.86. The third-order valence-electron chi connectivity index (χ3n) is 5.94. The van der Waals surface area contributed by atoms with Gasteiger partial charge in [0, 0.05) is 32.2 Å². The van der Waals surface area contributed by atoms with Gasteiger partial charge in [-0.05, 0) is 51.6 Å². The highest BCUT2D eigenvalue weighted by molar-refractivity contribution is 5.83. The Morgan fingerprint density at radius 2 is 1.80 bits per heavy atom. The maximum Gasteiger partial charge on any atom is 0.228 e. The molecule has 144 valence electrons. The third-order valence-corrected chi connectivity index (χ3v) is 5.94. The van der Waals surface area contributed by atoms with Crippen molar-refractivity contribution in [2.45, 2.75) is 58.4 Å². The molecule has 2 saturated heterocycles. The van der Waals surface area contributed by atoms with Crippen molar-refractivity contribution in [3.8, 4) is 0 Å². The Labute approximate surface area is 152 Å². The van der Waals surface area contributed by atoms with Gasteiger partial charge < -0.3 is 20.3 Å². The molecule has 0 aromatic heterocycles. The van der Waals surface area contributed by atoms with Crippen LogP contribution >= 0.6 is 0 Å². The smallest absolute Gasteiger partial charge is 0.228 e. The molecule has 0 unspecified atom stereocenters. The molecule has 2 aliphatic rings. The number of carbonyl (C=O) groups is 2. The molecule has 0 aromatic rings. The topological polar surface area (TPSA) is 70.7 Å². The summed E-state index contributed by atoms with van der Waals surface area (Å²) in [6.07, 6.45) is 5.13. The molecular formula is C19H35N3O3. The van der Waals surface area contributed by atoms with Gasteiger partial charge >= 0.3 is 0 Å². The lowest BCUT2D eigenvalue weighted by Crippen LogP contribution is -2.54. The van der Waals surface area contributed by atoms with Crippen molar-refractivity contribution >= 4 is 11.8 Å². The van der Waals surface area contributed by atoms with Crippen LogP contribution in [0.1, 0.15) is 52.4 Å². The number of likely N-dealkylation sites (tertiary alicyclic amines) is 1. The molecule has 6 heteroatoms. The second kappa shape index (κ2) is 9.53. The summed E-state index contributed by atoms with van der Waals surface area (Å²) in [4.78, 5) is 27.4. The third kappa shape index (κ3) is 4.94. The number of piperidine rings is 2. The highest BCUT2D eigenvalue weighted by Gasteiger charge is 2.40. The van der Waals surface area contributed by atoms with E-state index < -0.39 is 5.41 Å². The van der Waals surface area contributed by atoms with Crippen molar-refractivity contribution in [1.29, 1.82) is 0 Å². The molecule has 0 aliphatic carbocycles. The zero-order valence-corrected chi connectivity index (χ0v) is 16.1. The zero-order valence-electron chi connectivity index (χ0n) is 16.1. The zero-order chi connectivity index (χ0) is 18.3. The van der Waals surface area contributed by atoms with Gasteiger partial charge in [-0.2, -0.15) is 0 Å². The lowest BCUT2D eigenvalue weighted by atomic mass is 9.78. The van der Waals surface area contributed by atoms with Crippen molar-refractivity contribution in [2.24, 2.45) is 11.3 Å². The van der Waals surface area contributed by atoms with E-state index in [9.17, 15) is 9.59 Å². The maximum absolute atomic E-state index is 12.9. The SMILES string of the molecule is CCC(CC)C(=O)N1CCC(NC(=O)C2(COC)CCNCC2)CC1. The van der Waals surface area contributed by atoms with Crippen LogP contribution in [0.25, 0.3) is 0 Å². The van der Waals surface area contributed by atoms with E-state index in [0.717, 1.165) is 64.7 Å². The van der Waals surface area contributed by atoms with Crippen LogP contribution in [0.5, 0.6) is 0 Å². The van der Waals surface area contributed by atoms with E-state index >= 15 is 0 Å². The first kappa shape index (κ1) is 20.2. The van der Waals surface area contributed by atoms with Crippen LogP contribution in [-0.4, -0.2) is 62.7 Å². The molecule has 2 N–H and O–H groups in total. The minimum atomic E-state index is -0.400. The van der Waals surface area contributed by atoms with Crippen molar-refractivity contribution in [3.05, 3.63) is 0 Å². The average molecular weight is 354 g/mol. The molecule has 2 heterocycles. The van der Waals surface area contributed by atoms with E-state index in [1.165, 1.54) is 0 Å². The Morgan fingerprint density at radius 1 is 1.20 bits per heavy atom. The highest BCUT2D eigenvalue weighted by Crippen LogP contribution is 2.30. The van der Waals surface area contributed by atoms with E-state index in [4.69, 9.17) is 4.74 Å². The van der Waals surface area contributed by atoms with E-state index in [2.05, 4.69) is 24.5 Å². The Bertz CT molecular complexity index is 432. The maximum atomic E-state index is 12.9. The van der Waals surface area contributed by atoms with Gasteiger partial charge in [0.2, 0.25) is 11.8 Å². The molecule has 0 bridgehead atoms. The predicted molar refractivity (Wildman–Crippen MR) is 98.2 cm³/mol. The van der Waals surface area contributed by atoms with Crippen LogP contribution in [0.2, 0.25) is 0 Å². The number of amides is 2. The van der Waals surface area contributed by atoms with Gasteiger partial charge in [0.15, 0.2) is 0 Å². The number of hydrogen-bond donors (Lipinski definition) is 2. The molecule has 0 atom stereocenters. The number of rotatable bonds is 7. The van der Waals surface area contributed by atoms with Crippen molar-refractivity contribution in [2.75, 3.05) is 39.9 Å². The van der Waals surface area contributed by atoms with E-state index in [-0.39, 0.29) is 23.8 Å². The first-order chi connectivity index (χ1) is 12.1. The second-order valence-corrected chi connectivity index (χ2v) is 7.55. The van der Waals surface area contributed by atoms with Crippen LogP contribution in [0.15, 0.2) is 0 Å². The molecule has 6 nitrogen and oxygen atoms in total. The van der Waals surface area contributed by atoms with E-state index in [1.807, 2.05) is 4.90 Å². The predicted octanol–water partition coefficient (Wildman–Crippen LogP) is 1.55. The summed E-state index contributed by atoms with van der Waals surface area (Å²) in [6, 6.07) is 0.168. The Hall–Kier alpha value is -1.14. The molecule has 2 aliphatic heterocycles. The summed E-state index contributed by atoms with van der Waals surface area (Å²) >= 11 is 0. The first-order valence-electron chi connectivity index (χ1n) is 9.85. The number of methoxy groups -OCH3 is 1. The molecule has 0 radical (unpaired) electrons. The summed E-state index contributed by atoms with van der Waals surface area (Å²) in [7, 11) is 1.67. The van der Waals surface area contributed by atoms with Crippen molar-refractivity contribution in [3.63, 3.8) is 0 Å². The first-order valence-corrected chi connectivity index (χ1v) is 9.85. The summed E-state index contributed by atoms with van der Waals surface area (Å²) in [5.74, 6) is 0.551. The molecular weight excluding hydrogens is 318 g/mol. The minimum absolute atomic E-state index is 0.126. The van der Waals surface area contributed by atoms with Crippen molar-refractivity contribution < 1.29 is 14.3 Å². The van der Waals surface area contributed by atoms with Crippen LogP contribution in [0.4, 0.5) is 0 Å². The largest absolute Gasteiger partial charge is 0.384 e. The second-order valence-electron chi connectivity index (χ2n) is 7.55. The molecule has 0 saturated carbocycles. The molecule has 2 fully saturated rings. The van der Waals surface area contributed by atoms with Crippen LogP contribution in [0.3, 0.4) is 0 Å². The average Bonchev–Trinajstić information content (AvgIpc) is 2.64. The molecule has 2 amide bonds. The highest BCUT2D eigenvalue weighted by atomic mass is 16.5. The van der Waals surface area contributed by atoms with Gasteiger partial charge in [-0.1, -0.05) is 13.8 Å².